The standard InChI is InChI=1S/C20H19ClN2O4/c1-13-4-6-15(7-5-13)18-10-16(27-23-18)12-26-22-11-14-8-17(21)20(25-3)19(9-14)24-2/h4-11H,12H2,1-3H3/b22-11+. The number of aryl methyl sites for hydroxylation is 1. The minimum absolute atomic E-state index is 0.163. The third kappa shape index (κ3) is 4.60. The first-order chi connectivity index (χ1) is 13.1. The summed E-state index contributed by atoms with van der Waals surface area (Å²) in [5.74, 6) is 1.57. The summed E-state index contributed by atoms with van der Waals surface area (Å²) in [4.78, 5) is 5.28. The number of methoxy groups -OCH3 is 2. The van der Waals surface area contributed by atoms with Crippen LogP contribution in [-0.2, 0) is 11.4 Å². The molecule has 0 bridgehead atoms. The molecule has 1 aromatic heterocycles. The van der Waals surface area contributed by atoms with Gasteiger partial charge in [0.1, 0.15) is 5.69 Å². The molecule has 140 valence electrons. The van der Waals surface area contributed by atoms with E-state index in [1.807, 2.05) is 37.3 Å². The minimum Gasteiger partial charge on any atom is -0.493 e. The molecular formula is C20H19ClN2O4. The second-order valence-corrected chi connectivity index (χ2v) is 6.20. The number of nitrogens with zero attached hydrogens (tertiary/aromatic N) is 2. The number of aromatic nitrogens is 1. The molecule has 0 saturated heterocycles. The van der Waals surface area contributed by atoms with E-state index in [0.717, 1.165) is 16.8 Å². The Kier molecular flexibility index (Phi) is 5.98. The fourth-order valence-corrected chi connectivity index (χ4v) is 2.75. The second kappa shape index (κ2) is 8.60. The fourth-order valence-electron chi connectivity index (χ4n) is 2.45. The van der Waals surface area contributed by atoms with E-state index >= 15 is 0 Å². The van der Waals surface area contributed by atoms with E-state index in [1.165, 1.54) is 18.9 Å². The smallest absolute Gasteiger partial charge is 0.179 e. The van der Waals surface area contributed by atoms with Crippen LogP contribution in [0.5, 0.6) is 11.5 Å². The number of benzene rings is 2. The van der Waals surface area contributed by atoms with E-state index in [2.05, 4.69) is 10.3 Å². The lowest BCUT2D eigenvalue weighted by molar-refractivity contribution is 0.110. The lowest BCUT2D eigenvalue weighted by Crippen LogP contribution is -1.94. The summed E-state index contributed by atoms with van der Waals surface area (Å²) in [7, 11) is 3.07. The number of halogens is 1. The maximum absolute atomic E-state index is 6.16. The van der Waals surface area contributed by atoms with Crippen LogP contribution in [0.25, 0.3) is 11.3 Å². The van der Waals surface area contributed by atoms with Gasteiger partial charge in [0.15, 0.2) is 23.9 Å². The van der Waals surface area contributed by atoms with Crippen LogP contribution < -0.4 is 9.47 Å². The molecule has 0 radical (unpaired) electrons. The summed E-state index contributed by atoms with van der Waals surface area (Å²) in [6.07, 6.45) is 1.53. The van der Waals surface area contributed by atoms with Crippen LogP contribution >= 0.6 is 11.6 Å². The molecule has 2 aromatic carbocycles. The van der Waals surface area contributed by atoms with Gasteiger partial charge in [-0.1, -0.05) is 51.7 Å². The Bertz CT molecular complexity index is 936. The van der Waals surface area contributed by atoms with E-state index in [0.29, 0.717) is 22.3 Å². The zero-order chi connectivity index (χ0) is 19.2. The molecule has 3 rings (SSSR count). The Morgan fingerprint density at radius 3 is 2.59 bits per heavy atom. The highest BCUT2D eigenvalue weighted by molar-refractivity contribution is 6.32. The topological polar surface area (TPSA) is 66.1 Å². The van der Waals surface area contributed by atoms with Gasteiger partial charge < -0.3 is 18.8 Å². The van der Waals surface area contributed by atoms with E-state index in [1.54, 1.807) is 19.2 Å². The number of ether oxygens (including phenoxy) is 2. The highest BCUT2D eigenvalue weighted by Crippen LogP contribution is 2.35. The quantitative estimate of drug-likeness (QED) is 0.428. The van der Waals surface area contributed by atoms with Crippen molar-refractivity contribution < 1.29 is 18.8 Å². The summed E-state index contributed by atoms with van der Waals surface area (Å²) in [5, 5.41) is 8.41. The van der Waals surface area contributed by atoms with Gasteiger partial charge in [0.05, 0.1) is 25.5 Å². The van der Waals surface area contributed by atoms with Gasteiger partial charge in [-0.05, 0) is 19.1 Å². The summed E-state index contributed by atoms with van der Waals surface area (Å²) in [5.41, 5.74) is 3.65. The Balaban J connectivity index is 1.62. The molecule has 0 aliphatic carbocycles. The maximum atomic E-state index is 6.16. The first-order valence-electron chi connectivity index (χ1n) is 8.20. The van der Waals surface area contributed by atoms with Crippen LogP contribution in [-0.4, -0.2) is 25.6 Å². The summed E-state index contributed by atoms with van der Waals surface area (Å²) >= 11 is 6.16. The van der Waals surface area contributed by atoms with Crippen molar-refractivity contribution in [1.29, 1.82) is 0 Å². The Labute approximate surface area is 162 Å². The Morgan fingerprint density at radius 2 is 1.89 bits per heavy atom. The maximum Gasteiger partial charge on any atom is 0.179 e. The third-order valence-corrected chi connectivity index (χ3v) is 4.13. The monoisotopic (exact) mass is 386 g/mol. The largest absolute Gasteiger partial charge is 0.493 e. The SMILES string of the molecule is COc1cc(/C=N/OCc2cc(-c3ccc(C)cc3)no2)cc(Cl)c1OC. The first kappa shape index (κ1) is 18.8. The molecule has 0 N–H and O–H groups in total. The van der Waals surface area contributed by atoms with Crippen molar-refractivity contribution in [1.82, 2.24) is 5.16 Å². The van der Waals surface area contributed by atoms with Crippen LogP contribution in [0.2, 0.25) is 5.02 Å². The van der Waals surface area contributed by atoms with E-state index in [-0.39, 0.29) is 6.61 Å². The summed E-state index contributed by atoms with van der Waals surface area (Å²) < 4.78 is 15.7. The highest BCUT2D eigenvalue weighted by atomic mass is 35.5. The fraction of sp³-hybridized carbons (Fsp3) is 0.200. The number of hydrogen-bond donors (Lipinski definition) is 0. The molecule has 0 spiro atoms. The molecule has 27 heavy (non-hydrogen) atoms. The van der Waals surface area contributed by atoms with Crippen molar-refractivity contribution in [2.75, 3.05) is 14.2 Å². The summed E-state index contributed by atoms with van der Waals surface area (Å²) in [6, 6.07) is 13.3. The molecule has 3 aromatic rings. The summed E-state index contributed by atoms with van der Waals surface area (Å²) in [6.45, 7) is 2.20. The van der Waals surface area contributed by atoms with Gasteiger partial charge in [-0.3, -0.25) is 0 Å². The van der Waals surface area contributed by atoms with Crippen LogP contribution in [0.15, 0.2) is 52.1 Å². The van der Waals surface area contributed by atoms with E-state index in [9.17, 15) is 0 Å². The van der Waals surface area contributed by atoms with Crippen LogP contribution in [0.1, 0.15) is 16.9 Å². The number of oxime groups is 1. The second-order valence-electron chi connectivity index (χ2n) is 5.79. The lowest BCUT2D eigenvalue weighted by Gasteiger charge is -2.09. The van der Waals surface area contributed by atoms with Gasteiger partial charge in [-0.25, -0.2) is 0 Å². The third-order valence-electron chi connectivity index (χ3n) is 3.85. The van der Waals surface area contributed by atoms with Crippen molar-refractivity contribution in [2.45, 2.75) is 13.5 Å². The average Bonchev–Trinajstić information content (AvgIpc) is 3.14. The van der Waals surface area contributed by atoms with Gasteiger partial charge in [0.25, 0.3) is 0 Å². The molecule has 0 fully saturated rings. The molecule has 0 amide bonds. The van der Waals surface area contributed by atoms with Crippen molar-refractivity contribution in [3.8, 4) is 22.8 Å². The van der Waals surface area contributed by atoms with Crippen molar-refractivity contribution >= 4 is 17.8 Å². The van der Waals surface area contributed by atoms with Crippen molar-refractivity contribution in [2.24, 2.45) is 5.16 Å². The molecule has 6 nitrogen and oxygen atoms in total. The van der Waals surface area contributed by atoms with E-state index in [4.69, 9.17) is 30.4 Å². The number of rotatable bonds is 7. The Morgan fingerprint density at radius 1 is 1.11 bits per heavy atom. The normalized spacial score (nSPS) is 11.0. The molecule has 7 heteroatoms. The van der Waals surface area contributed by atoms with Crippen LogP contribution in [0.3, 0.4) is 0 Å². The van der Waals surface area contributed by atoms with Gasteiger partial charge in [0, 0.05) is 17.2 Å². The van der Waals surface area contributed by atoms with Crippen LogP contribution in [0.4, 0.5) is 0 Å². The predicted octanol–water partition coefficient (Wildman–Crippen LogP) is 4.87. The zero-order valence-corrected chi connectivity index (χ0v) is 16.0. The lowest BCUT2D eigenvalue weighted by atomic mass is 10.1. The average molecular weight is 387 g/mol. The van der Waals surface area contributed by atoms with Crippen molar-refractivity contribution in [3.63, 3.8) is 0 Å². The predicted molar refractivity (Wildman–Crippen MR) is 104 cm³/mol. The zero-order valence-electron chi connectivity index (χ0n) is 15.2. The van der Waals surface area contributed by atoms with Crippen molar-refractivity contribution in [3.05, 3.63) is 64.4 Å². The molecule has 0 saturated carbocycles. The van der Waals surface area contributed by atoms with Gasteiger partial charge in [-0.2, -0.15) is 0 Å². The van der Waals surface area contributed by atoms with Gasteiger partial charge in [0.2, 0.25) is 0 Å². The highest BCUT2D eigenvalue weighted by Gasteiger charge is 2.10. The Hall–Kier alpha value is -2.99. The molecular weight excluding hydrogens is 368 g/mol. The van der Waals surface area contributed by atoms with Gasteiger partial charge >= 0.3 is 0 Å². The number of hydrogen-bond acceptors (Lipinski definition) is 6. The molecule has 0 unspecified atom stereocenters. The van der Waals surface area contributed by atoms with Crippen LogP contribution in [0, 0.1) is 6.92 Å². The van der Waals surface area contributed by atoms with E-state index < -0.39 is 0 Å². The van der Waals surface area contributed by atoms with Gasteiger partial charge in [-0.15, -0.1) is 0 Å². The first-order valence-corrected chi connectivity index (χ1v) is 8.58. The molecule has 0 aliphatic heterocycles. The molecule has 0 aliphatic rings. The molecule has 0 atom stereocenters. The molecule has 1 heterocycles. The minimum atomic E-state index is 0.163.